The molecule has 0 N–H and O–H groups in total. The van der Waals surface area contributed by atoms with Gasteiger partial charge in [-0.2, -0.15) is 4.31 Å². The number of hydrogen-bond donors (Lipinski definition) is 0. The van der Waals surface area contributed by atoms with Crippen LogP contribution in [0.25, 0.3) is 0 Å². The van der Waals surface area contributed by atoms with Crippen molar-refractivity contribution in [1.29, 1.82) is 0 Å². The molecule has 148 valence electrons. The van der Waals surface area contributed by atoms with Gasteiger partial charge in [-0.25, -0.2) is 13.2 Å². The summed E-state index contributed by atoms with van der Waals surface area (Å²) < 4.78 is 32.6. The summed E-state index contributed by atoms with van der Waals surface area (Å²) in [5, 5.41) is 0.388. The van der Waals surface area contributed by atoms with Crippen LogP contribution >= 0.6 is 11.6 Å². The zero-order chi connectivity index (χ0) is 19.9. The molecule has 0 aliphatic carbocycles. The Hall–Kier alpha value is -2.09. The predicted molar refractivity (Wildman–Crippen MR) is 107 cm³/mol. The van der Waals surface area contributed by atoms with Crippen molar-refractivity contribution in [3.05, 3.63) is 58.6 Å². The molecule has 0 aromatic heterocycles. The maximum absolute atomic E-state index is 12.9. The third-order valence-corrected chi connectivity index (χ3v) is 7.39. The number of hydrogen-bond acceptors (Lipinski definition) is 4. The Bertz CT molecular complexity index is 1020. The molecule has 28 heavy (non-hydrogen) atoms. The molecule has 4 rings (SSSR count). The number of sulfonamides is 1. The van der Waals surface area contributed by atoms with Crippen LogP contribution in [0.2, 0.25) is 5.02 Å². The molecular weight excluding hydrogens is 400 g/mol. The number of ether oxygens (including phenoxy) is 1. The van der Waals surface area contributed by atoms with E-state index in [1.165, 1.54) is 10.4 Å². The van der Waals surface area contributed by atoms with Crippen LogP contribution in [0.15, 0.2) is 47.4 Å². The zero-order valence-corrected chi connectivity index (χ0v) is 17.0. The molecule has 0 atom stereocenters. The Morgan fingerprint density at radius 2 is 1.86 bits per heavy atom. The van der Waals surface area contributed by atoms with Crippen molar-refractivity contribution in [2.45, 2.75) is 37.3 Å². The van der Waals surface area contributed by atoms with Gasteiger partial charge in [-0.05, 0) is 44.0 Å². The minimum absolute atomic E-state index is 0.0972. The minimum atomic E-state index is -3.60. The van der Waals surface area contributed by atoms with Gasteiger partial charge in [0.1, 0.15) is 6.61 Å². The summed E-state index contributed by atoms with van der Waals surface area (Å²) in [7, 11) is -3.60. The molecular formula is C20H21ClN2O4S. The summed E-state index contributed by atoms with van der Waals surface area (Å²) in [6.45, 7) is 2.95. The average molecular weight is 421 g/mol. The summed E-state index contributed by atoms with van der Waals surface area (Å²) in [5.74, 6) is 0. The summed E-state index contributed by atoms with van der Waals surface area (Å²) in [6.07, 6.45) is 0.720. The molecule has 2 aliphatic rings. The fraction of sp³-hybridized carbons (Fsp3) is 0.350. The van der Waals surface area contributed by atoms with E-state index in [2.05, 4.69) is 0 Å². The molecule has 8 heteroatoms. The Labute approximate surface area is 169 Å². The van der Waals surface area contributed by atoms with Crippen molar-refractivity contribution in [2.75, 3.05) is 18.0 Å². The quantitative estimate of drug-likeness (QED) is 0.753. The lowest BCUT2D eigenvalue weighted by molar-refractivity contribution is 0.135. The number of rotatable bonds is 3. The normalized spacial score (nSPS) is 18.6. The first-order valence-corrected chi connectivity index (χ1v) is 11.0. The number of carbonyl (C=O) groups excluding carboxylic acids is 1. The second kappa shape index (κ2) is 7.39. The smallest absolute Gasteiger partial charge is 0.414 e. The second-order valence-electron chi connectivity index (χ2n) is 7.15. The van der Waals surface area contributed by atoms with E-state index in [-0.39, 0.29) is 23.6 Å². The highest BCUT2D eigenvalue weighted by molar-refractivity contribution is 7.89. The SMILES string of the molecule is Cc1ccc2c(c1)COC(=O)N2C1CCN(S(=O)(=O)c2cccc(Cl)c2)CC1. The third kappa shape index (κ3) is 3.50. The van der Waals surface area contributed by atoms with Crippen LogP contribution in [0, 0.1) is 6.92 Å². The van der Waals surface area contributed by atoms with Gasteiger partial charge in [-0.1, -0.05) is 35.4 Å². The Morgan fingerprint density at radius 3 is 2.57 bits per heavy atom. The standard InChI is InChI=1S/C20H21ClN2O4S/c1-14-5-6-19-15(11-14)13-27-20(24)23(19)17-7-9-22(10-8-17)28(25,26)18-4-2-3-16(21)12-18/h2-6,11-12,17H,7-10,13H2,1H3. The second-order valence-corrected chi connectivity index (χ2v) is 9.52. The molecule has 1 amide bonds. The molecule has 0 radical (unpaired) electrons. The molecule has 6 nitrogen and oxygen atoms in total. The van der Waals surface area contributed by atoms with Crippen LogP contribution in [-0.4, -0.2) is 37.9 Å². The van der Waals surface area contributed by atoms with Crippen LogP contribution in [0.4, 0.5) is 10.5 Å². The number of anilines is 1. The number of benzene rings is 2. The van der Waals surface area contributed by atoms with Crippen LogP contribution in [0.1, 0.15) is 24.0 Å². The van der Waals surface area contributed by atoms with Gasteiger partial charge in [0.05, 0.1) is 10.6 Å². The maximum atomic E-state index is 12.9. The van der Waals surface area contributed by atoms with E-state index in [1.807, 2.05) is 25.1 Å². The van der Waals surface area contributed by atoms with Crippen LogP contribution in [-0.2, 0) is 21.4 Å². The van der Waals surface area contributed by atoms with Crippen molar-refractivity contribution >= 4 is 33.4 Å². The van der Waals surface area contributed by atoms with E-state index >= 15 is 0 Å². The van der Waals surface area contributed by atoms with Crippen LogP contribution in [0.3, 0.4) is 0 Å². The topological polar surface area (TPSA) is 66.9 Å². The number of piperidine rings is 1. The van der Waals surface area contributed by atoms with Gasteiger partial charge < -0.3 is 4.74 Å². The van der Waals surface area contributed by atoms with Gasteiger partial charge in [0, 0.05) is 29.7 Å². The van der Waals surface area contributed by atoms with Crippen molar-refractivity contribution in [1.82, 2.24) is 4.31 Å². The molecule has 2 heterocycles. The molecule has 0 saturated carbocycles. The fourth-order valence-corrected chi connectivity index (χ4v) is 5.61. The summed E-state index contributed by atoms with van der Waals surface area (Å²) in [4.78, 5) is 14.3. The largest absolute Gasteiger partial charge is 0.444 e. The van der Waals surface area contributed by atoms with E-state index in [0.29, 0.717) is 31.0 Å². The van der Waals surface area contributed by atoms with Gasteiger partial charge >= 0.3 is 6.09 Å². The van der Waals surface area contributed by atoms with Crippen molar-refractivity contribution < 1.29 is 17.9 Å². The molecule has 0 bridgehead atoms. The zero-order valence-electron chi connectivity index (χ0n) is 15.5. The summed E-state index contributed by atoms with van der Waals surface area (Å²) >= 11 is 5.95. The number of aryl methyl sites for hydroxylation is 1. The highest BCUT2D eigenvalue weighted by atomic mass is 35.5. The maximum Gasteiger partial charge on any atom is 0.414 e. The van der Waals surface area contributed by atoms with Crippen molar-refractivity contribution in [2.24, 2.45) is 0 Å². The van der Waals surface area contributed by atoms with E-state index < -0.39 is 10.0 Å². The number of cyclic esters (lactones) is 1. The van der Waals surface area contributed by atoms with Gasteiger partial charge in [-0.15, -0.1) is 0 Å². The fourth-order valence-electron chi connectivity index (χ4n) is 3.84. The van der Waals surface area contributed by atoms with Crippen LogP contribution < -0.4 is 4.90 Å². The Balaban J connectivity index is 1.53. The Morgan fingerprint density at radius 1 is 1.11 bits per heavy atom. The number of amides is 1. The summed E-state index contributed by atoms with van der Waals surface area (Å²) in [5.41, 5.74) is 2.95. The Kier molecular flexibility index (Phi) is 5.07. The first-order chi connectivity index (χ1) is 13.4. The third-order valence-electron chi connectivity index (χ3n) is 5.26. The number of carbonyl (C=O) groups is 1. The lowest BCUT2D eigenvalue weighted by Gasteiger charge is -2.39. The molecule has 2 aromatic rings. The van der Waals surface area contributed by atoms with Gasteiger partial charge in [-0.3, -0.25) is 4.90 Å². The van der Waals surface area contributed by atoms with E-state index in [4.69, 9.17) is 16.3 Å². The number of fused-ring (bicyclic) bond motifs is 1. The highest BCUT2D eigenvalue weighted by Crippen LogP contribution is 2.33. The number of halogens is 1. The first kappa shape index (κ1) is 19.2. The molecule has 0 spiro atoms. The van der Waals surface area contributed by atoms with Gasteiger partial charge in [0.15, 0.2) is 0 Å². The molecule has 2 aliphatic heterocycles. The predicted octanol–water partition coefficient (Wildman–Crippen LogP) is 3.96. The minimum Gasteiger partial charge on any atom is -0.444 e. The lowest BCUT2D eigenvalue weighted by atomic mass is 10.0. The molecule has 2 aromatic carbocycles. The van der Waals surface area contributed by atoms with Crippen molar-refractivity contribution in [3.8, 4) is 0 Å². The van der Waals surface area contributed by atoms with E-state index in [0.717, 1.165) is 16.8 Å². The highest BCUT2D eigenvalue weighted by Gasteiger charge is 2.37. The molecule has 0 unspecified atom stereocenters. The molecule has 1 fully saturated rings. The monoisotopic (exact) mass is 420 g/mol. The van der Waals surface area contributed by atoms with E-state index in [9.17, 15) is 13.2 Å². The molecule has 1 saturated heterocycles. The lowest BCUT2D eigenvalue weighted by Crippen LogP contribution is -2.50. The van der Waals surface area contributed by atoms with Crippen LogP contribution in [0.5, 0.6) is 0 Å². The van der Waals surface area contributed by atoms with Gasteiger partial charge in [0.25, 0.3) is 0 Å². The first-order valence-electron chi connectivity index (χ1n) is 9.17. The van der Waals surface area contributed by atoms with Gasteiger partial charge in [0.2, 0.25) is 10.0 Å². The summed E-state index contributed by atoms with van der Waals surface area (Å²) in [6, 6.07) is 12.1. The average Bonchev–Trinajstić information content (AvgIpc) is 2.68. The van der Waals surface area contributed by atoms with Crippen molar-refractivity contribution in [3.63, 3.8) is 0 Å². The number of nitrogens with zero attached hydrogens (tertiary/aromatic N) is 2. The van der Waals surface area contributed by atoms with E-state index in [1.54, 1.807) is 23.1 Å².